The van der Waals surface area contributed by atoms with Crippen molar-refractivity contribution in [2.24, 2.45) is 0 Å². The number of hydrogen-bond acceptors (Lipinski definition) is 2. The van der Waals surface area contributed by atoms with Crippen LogP contribution in [-0.4, -0.2) is 21.4 Å². The second-order valence-corrected chi connectivity index (χ2v) is 5.08. The molecule has 1 saturated heterocycles. The largest absolute Gasteiger partial charge is 0.348 e. The normalized spacial score (nSPS) is 16.4. The molecule has 3 amide bonds. The topological polar surface area (TPSA) is 54.3 Å². The SMILES string of the molecule is CCn1cccc1/C=C1/NC(=O)N(Cc2ccccc2)C1=O. The third kappa shape index (κ3) is 2.65. The number of urea groups is 1. The van der Waals surface area contributed by atoms with Crippen molar-refractivity contribution in [3.05, 3.63) is 65.6 Å². The Kier molecular flexibility index (Phi) is 3.78. The van der Waals surface area contributed by atoms with Gasteiger partial charge in [-0.2, -0.15) is 0 Å². The van der Waals surface area contributed by atoms with E-state index in [9.17, 15) is 9.59 Å². The highest BCUT2D eigenvalue weighted by molar-refractivity contribution is 6.13. The van der Waals surface area contributed by atoms with E-state index in [1.165, 1.54) is 4.90 Å². The van der Waals surface area contributed by atoms with E-state index in [1.54, 1.807) is 6.08 Å². The number of hydrogen-bond donors (Lipinski definition) is 1. The molecule has 0 atom stereocenters. The first kappa shape index (κ1) is 14.1. The van der Waals surface area contributed by atoms with E-state index in [0.717, 1.165) is 17.8 Å². The maximum Gasteiger partial charge on any atom is 0.329 e. The number of aryl methyl sites for hydroxylation is 1. The lowest BCUT2D eigenvalue weighted by atomic mass is 10.2. The molecular formula is C17H17N3O2. The highest BCUT2D eigenvalue weighted by Crippen LogP contribution is 2.17. The number of rotatable bonds is 4. The summed E-state index contributed by atoms with van der Waals surface area (Å²) in [5.41, 5.74) is 2.13. The Morgan fingerprint density at radius 1 is 1.09 bits per heavy atom. The average molecular weight is 295 g/mol. The summed E-state index contributed by atoms with van der Waals surface area (Å²) in [5, 5.41) is 2.65. The molecule has 0 unspecified atom stereocenters. The van der Waals surface area contributed by atoms with Gasteiger partial charge in [0.2, 0.25) is 0 Å². The van der Waals surface area contributed by atoms with Crippen molar-refractivity contribution in [2.45, 2.75) is 20.0 Å². The Morgan fingerprint density at radius 2 is 1.86 bits per heavy atom. The second-order valence-electron chi connectivity index (χ2n) is 5.08. The van der Waals surface area contributed by atoms with E-state index >= 15 is 0 Å². The van der Waals surface area contributed by atoms with Crippen LogP contribution < -0.4 is 5.32 Å². The number of benzene rings is 1. The molecule has 2 aromatic rings. The lowest BCUT2D eigenvalue weighted by Crippen LogP contribution is -2.30. The molecule has 22 heavy (non-hydrogen) atoms. The van der Waals surface area contributed by atoms with Crippen molar-refractivity contribution in [3.63, 3.8) is 0 Å². The highest BCUT2D eigenvalue weighted by Gasteiger charge is 2.33. The number of aromatic nitrogens is 1. The molecule has 112 valence electrons. The molecule has 1 aliphatic heterocycles. The molecular weight excluding hydrogens is 278 g/mol. The van der Waals surface area contributed by atoms with Gasteiger partial charge in [-0.25, -0.2) is 4.79 Å². The monoisotopic (exact) mass is 295 g/mol. The molecule has 3 rings (SSSR count). The van der Waals surface area contributed by atoms with Crippen LogP contribution in [0.1, 0.15) is 18.2 Å². The van der Waals surface area contributed by atoms with Gasteiger partial charge in [0, 0.05) is 18.4 Å². The molecule has 2 heterocycles. The Bertz CT molecular complexity index is 731. The van der Waals surface area contributed by atoms with Crippen LogP contribution in [0.15, 0.2) is 54.4 Å². The zero-order valence-electron chi connectivity index (χ0n) is 12.3. The van der Waals surface area contributed by atoms with Crippen LogP contribution in [0.4, 0.5) is 4.79 Å². The summed E-state index contributed by atoms with van der Waals surface area (Å²) < 4.78 is 2.01. The Hall–Kier alpha value is -2.82. The molecule has 0 radical (unpaired) electrons. The minimum atomic E-state index is -0.380. The lowest BCUT2D eigenvalue weighted by Gasteiger charge is -2.11. The van der Waals surface area contributed by atoms with Gasteiger partial charge in [-0.3, -0.25) is 9.69 Å². The van der Waals surface area contributed by atoms with Crippen molar-refractivity contribution in [1.29, 1.82) is 0 Å². The molecule has 5 heteroatoms. The number of amides is 3. The predicted molar refractivity (Wildman–Crippen MR) is 83.6 cm³/mol. The van der Waals surface area contributed by atoms with Crippen LogP contribution in [0.5, 0.6) is 0 Å². The summed E-state index contributed by atoms with van der Waals surface area (Å²) in [6.07, 6.45) is 3.66. The summed E-state index contributed by atoms with van der Waals surface area (Å²) in [6.45, 7) is 3.11. The summed E-state index contributed by atoms with van der Waals surface area (Å²) in [4.78, 5) is 25.7. The van der Waals surface area contributed by atoms with Gasteiger partial charge < -0.3 is 9.88 Å². The van der Waals surface area contributed by atoms with Crippen LogP contribution in [0.3, 0.4) is 0 Å². The minimum absolute atomic E-state index is 0.275. The molecule has 5 nitrogen and oxygen atoms in total. The second kappa shape index (κ2) is 5.89. The summed E-state index contributed by atoms with van der Waals surface area (Å²) in [6, 6.07) is 12.9. The van der Waals surface area contributed by atoms with Gasteiger partial charge in [0.1, 0.15) is 5.70 Å². The Labute approximate surface area is 128 Å². The van der Waals surface area contributed by atoms with Crippen LogP contribution >= 0.6 is 0 Å². The smallest absolute Gasteiger partial charge is 0.329 e. The Balaban J connectivity index is 1.82. The predicted octanol–water partition coefficient (Wildman–Crippen LogP) is 2.60. The fourth-order valence-corrected chi connectivity index (χ4v) is 2.48. The number of carbonyl (C=O) groups is 2. The molecule has 1 N–H and O–H groups in total. The van der Waals surface area contributed by atoms with E-state index in [4.69, 9.17) is 0 Å². The third-order valence-electron chi connectivity index (χ3n) is 3.64. The summed E-state index contributed by atoms with van der Waals surface area (Å²) in [7, 11) is 0. The van der Waals surface area contributed by atoms with Crippen molar-refractivity contribution < 1.29 is 9.59 Å². The number of imide groups is 1. The molecule has 0 bridgehead atoms. The molecule has 0 saturated carbocycles. The van der Waals surface area contributed by atoms with Gasteiger partial charge in [0.05, 0.1) is 6.54 Å². The standard InChI is InChI=1S/C17H17N3O2/c1-2-19-10-6-9-14(19)11-15-16(21)20(17(22)18-15)12-13-7-4-3-5-8-13/h3-11H,2,12H2,1H3,(H,18,22)/b15-11+. The molecule has 1 aromatic carbocycles. The quantitative estimate of drug-likeness (QED) is 0.696. The van der Waals surface area contributed by atoms with Gasteiger partial charge in [-0.05, 0) is 30.7 Å². The molecule has 1 fully saturated rings. The fraction of sp³-hybridized carbons (Fsp3) is 0.176. The van der Waals surface area contributed by atoms with Crippen molar-refractivity contribution >= 4 is 18.0 Å². The van der Waals surface area contributed by atoms with Gasteiger partial charge in [0.15, 0.2) is 0 Å². The van der Waals surface area contributed by atoms with E-state index in [-0.39, 0.29) is 18.5 Å². The third-order valence-corrected chi connectivity index (χ3v) is 3.64. The molecule has 0 spiro atoms. The van der Waals surface area contributed by atoms with Crippen LogP contribution in [0.25, 0.3) is 6.08 Å². The van der Waals surface area contributed by atoms with E-state index in [1.807, 2.05) is 60.2 Å². The van der Waals surface area contributed by atoms with Gasteiger partial charge in [-0.1, -0.05) is 30.3 Å². The van der Waals surface area contributed by atoms with Gasteiger partial charge >= 0.3 is 6.03 Å². The lowest BCUT2D eigenvalue weighted by molar-refractivity contribution is -0.123. The average Bonchev–Trinajstić information content (AvgIpc) is 3.08. The van der Waals surface area contributed by atoms with Gasteiger partial charge in [0.25, 0.3) is 5.91 Å². The first-order valence-electron chi connectivity index (χ1n) is 7.22. The van der Waals surface area contributed by atoms with Crippen LogP contribution in [0.2, 0.25) is 0 Å². The van der Waals surface area contributed by atoms with Crippen LogP contribution in [0, 0.1) is 0 Å². The highest BCUT2D eigenvalue weighted by atomic mass is 16.2. The van der Waals surface area contributed by atoms with Crippen molar-refractivity contribution in [2.75, 3.05) is 0 Å². The Morgan fingerprint density at radius 3 is 2.59 bits per heavy atom. The van der Waals surface area contributed by atoms with Crippen LogP contribution in [-0.2, 0) is 17.9 Å². The molecule has 0 aliphatic carbocycles. The first-order valence-corrected chi connectivity index (χ1v) is 7.22. The fourth-order valence-electron chi connectivity index (χ4n) is 2.48. The number of nitrogens with zero attached hydrogens (tertiary/aromatic N) is 2. The first-order chi connectivity index (χ1) is 10.7. The minimum Gasteiger partial charge on any atom is -0.348 e. The van der Waals surface area contributed by atoms with E-state index < -0.39 is 0 Å². The zero-order valence-corrected chi connectivity index (χ0v) is 12.3. The molecule has 1 aromatic heterocycles. The summed E-state index contributed by atoms with van der Waals surface area (Å²) >= 11 is 0. The van der Waals surface area contributed by atoms with Gasteiger partial charge in [-0.15, -0.1) is 0 Å². The van der Waals surface area contributed by atoms with Crippen molar-refractivity contribution in [1.82, 2.24) is 14.8 Å². The summed E-state index contributed by atoms with van der Waals surface area (Å²) in [5.74, 6) is -0.294. The molecule has 1 aliphatic rings. The number of carbonyl (C=O) groups excluding carboxylic acids is 2. The zero-order chi connectivity index (χ0) is 15.5. The maximum absolute atomic E-state index is 12.4. The van der Waals surface area contributed by atoms with E-state index in [2.05, 4.69) is 5.32 Å². The number of nitrogens with one attached hydrogen (secondary N) is 1. The maximum atomic E-state index is 12.4. The van der Waals surface area contributed by atoms with Crippen molar-refractivity contribution in [3.8, 4) is 0 Å². The van der Waals surface area contributed by atoms with E-state index in [0.29, 0.717) is 5.70 Å².